The lowest BCUT2D eigenvalue weighted by Gasteiger charge is -2.33. The molecule has 122 valence electrons. The van der Waals surface area contributed by atoms with E-state index in [9.17, 15) is 0 Å². The van der Waals surface area contributed by atoms with Gasteiger partial charge in [0.25, 0.3) is 0 Å². The molecular formula is C17H22N4O2. The Kier molecular flexibility index (Phi) is 3.87. The maximum atomic E-state index is 6.26. The van der Waals surface area contributed by atoms with Crippen molar-refractivity contribution >= 4 is 0 Å². The number of fused-ring (bicyclic) bond motifs is 1. The second-order valence-corrected chi connectivity index (χ2v) is 6.64. The number of nitrogens with zero attached hydrogens (tertiary/aromatic N) is 4. The highest BCUT2D eigenvalue weighted by atomic mass is 16.5. The molecule has 0 aromatic carbocycles. The smallest absolute Gasteiger partial charge is 0.133 e. The molecule has 2 aliphatic heterocycles. The van der Waals surface area contributed by atoms with E-state index >= 15 is 0 Å². The third-order valence-electron chi connectivity index (χ3n) is 4.79. The number of hydrogen-bond donors (Lipinski definition) is 0. The van der Waals surface area contributed by atoms with E-state index in [0.717, 1.165) is 55.4 Å². The number of hydrogen-bond acceptors (Lipinski definition) is 6. The van der Waals surface area contributed by atoms with Gasteiger partial charge in [-0.3, -0.25) is 4.90 Å². The maximum absolute atomic E-state index is 6.26. The Labute approximate surface area is 135 Å². The van der Waals surface area contributed by atoms with Crippen LogP contribution in [-0.2, 0) is 11.3 Å². The van der Waals surface area contributed by atoms with Crippen LogP contribution in [0.25, 0.3) is 0 Å². The fourth-order valence-corrected chi connectivity index (χ4v) is 3.74. The predicted octanol–water partition coefficient (Wildman–Crippen LogP) is 2.43. The molecule has 3 atom stereocenters. The second kappa shape index (κ2) is 6.02. The highest BCUT2D eigenvalue weighted by molar-refractivity contribution is 5.09. The molecule has 0 bridgehead atoms. The van der Waals surface area contributed by atoms with Gasteiger partial charge in [-0.15, -0.1) is 0 Å². The Morgan fingerprint density at radius 3 is 3.04 bits per heavy atom. The summed E-state index contributed by atoms with van der Waals surface area (Å²) in [5.41, 5.74) is 2.04. The van der Waals surface area contributed by atoms with Crippen molar-refractivity contribution in [2.75, 3.05) is 13.1 Å². The van der Waals surface area contributed by atoms with E-state index in [0.29, 0.717) is 12.0 Å². The van der Waals surface area contributed by atoms with Crippen molar-refractivity contribution in [3.05, 3.63) is 41.3 Å². The van der Waals surface area contributed by atoms with Crippen molar-refractivity contribution in [1.29, 1.82) is 0 Å². The first-order valence-electron chi connectivity index (χ1n) is 8.27. The highest BCUT2D eigenvalue weighted by Gasteiger charge is 2.40. The zero-order valence-electron chi connectivity index (χ0n) is 13.6. The number of aryl methyl sites for hydroxylation is 2. The Bertz CT molecular complexity index is 687. The van der Waals surface area contributed by atoms with Gasteiger partial charge in [-0.2, -0.15) is 0 Å². The van der Waals surface area contributed by atoms with Crippen LogP contribution in [0.15, 0.2) is 22.9 Å². The number of likely N-dealkylation sites (tertiary alicyclic amines) is 1. The minimum absolute atomic E-state index is 0.112. The molecule has 23 heavy (non-hydrogen) atoms. The van der Waals surface area contributed by atoms with Gasteiger partial charge in [-0.25, -0.2) is 9.97 Å². The third kappa shape index (κ3) is 3.14. The molecule has 0 spiro atoms. The first-order valence-corrected chi connectivity index (χ1v) is 8.27. The number of piperidine rings is 1. The SMILES string of the molecule is Cc1nccc([C@@H]2C[C@@H]3CN(Cc4cc(C)on4)CC[C@H]3O2)n1. The van der Waals surface area contributed by atoms with Crippen LogP contribution in [0.5, 0.6) is 0 Å². The second-order valence-electron chi connectivity index (χ2n) is 6.64. The van der Waals surface area contributed by atoms with Gasteiger partial charge in [-0.05, 0) is 32.8 Å². The van der Waals surface area contributed by atoms with Gasteiger partial charge in [-0.1, -0.05) is 5.16 Å². The molecule has 2 aromatic heterocycles. The van der Waals surface area contributed by atoms with E-state index in [1.165, 1.54) is 0 Å². The molecule has 4 rings (SSSR count). The summed E-state index contributed by atoms with van der Waals surface area (Å²) >= 11 is 0. The van der Waals surface area contributed by atoms with E-state index in [1.807, 2.05) is 32.2 Å². The number of ether oxygens (including phenoxy) is 1. The molecular weight excluding hydrogens is 292 g/mol. The van der Waals surface area contributed by atoms with Crippen LogP contribution in [0.3, 0.4) is 0 Å². The van der Waals surface area contributed by atoms with Crippen molar-refractivity contribution in [2.24, 2.45) is 5.92 Å². The van der Waals surface area contributed by atoms with Crippen LogP contribution in [-0.4, -0.2) is 39.2 Å². The van der Waals surface area contributed by atoms with Gasteiger partial charge < -0.3 is 9.26 Å². The fraction of sp³-hybridized carbons (Fsp3) is 0.588. The lowest BCUT2D eigenvalue weighted by molar-refractivity contribution is -0.00267. The first-order chi connectivity index (χ1) is 11.2. The summed E-state index contributed by atoms with van der Waals surface area (Å²) in [6.07, 6.45) is 4.39. The van der Waals surface area contributed by atoms with E-state index < -0.39 is 0 Å². The molecule has 2 saturated heterocycles. The summed E-state index contributed by atoms with van der Waals surface area (Å²) in [6.45, 7) is 6.81. The summed E-state index contributed by atoms with van der Waals surface area (Å²) in [6, 6.07) is 3.99. The Balaban J connectivity index is 1.40. The van der Waals surface area contributed by atoms with Gasteiger partial charge in [0.2, 0.25) is 0 Å². The van der Waals surface area contributed by atoms with Crippen molar-refractivity contribution in [3.63, 3.8) is 0 Å². The van der Waals surface area contributed by atoms with Gasteiger partial charge in [0.1, 0.15) is 17.7 Å². The topological polar surface area (TPSA) is 64.3 Å². The normalized spacial score (nSPS) is 28.0. The molecule has 0 unspecified atom stereocenters. The number of rotatable bonds is 3. The molecule has 2 aliphatic rings. The monoisotopic (exact) mass is 314 g/mol. The van der Waals surface area contributed by atoms with Crippen LogP contribution in [0.4, 0.5) is 0 Å². The van der Waals surface area contributed by atoms with E-state index in [4.69, 9.17) is 9.26 Å². The lowest BCUT2D eigenvalue weighted by atomic mass is 9.92. The third-order valence-corrected chi connectivity index (χ3v) is 4.79. The summed E-state index contributed by atoms with van der Waals surface area (Å²) in [4.78, 5) is 11.2. The minimum Gasteiger partial charge on any atom is -0.368 e. The molecule has 0 radical (unpaired) electrons. The van der Waals surface area contributed by atoms with E-state index in [2.05, 4.69) is 20.0 Å². The molecule has 2 fully saturated rings. The molecule has 6 heteroatoms. The van der Waals surface area contributed by atoms with Gasteiger partial charge in [0.15, 0.2) is 0 Å². The molecule has 0 N–H and O–H groups in total. The minimum atomic E-state index is 0.112. The van der Waals surface area contributed by atoms with Crippen molar-refractivity contribution < 1.29 is 9.26 Å². The summed E-state index contributed by atoms with van der Waals surface area (Å²) in [5.74, 6) is 2.25. The van der Waals surface area contributed by atoms with Crippen molar-refractivity contribution in [1.82, 2.24) is 20.0 Å². The summed E-state index contributed by atoms with van der Waals surface area (Å²) < 4.78 is 11.4. The van der Waals surface area contributed by atoms with Crippen LogP contribution >= 0.6 is 0 Å². The predicted molar refractivity (Wildman–Crippen MR) is 83.6 cm³/mol. The quantitative estimate of drug-likeness (QED) is 0.867. The largest absolute Gasteiger partial charge is 0.368 e. The Morgan fingerprint density at radius 2 is 2.26 bits per heavy atom. The van der Waals surface area contributed by atoms with E-state index in [-0.39, 0.29) is 6.10 Å². The van der Waals surface area contributed by atoms with Crippen molar-refractivity contribution in [3.8, 4) is 0 Å². The molecule has 2 aromatic rings. The Morgan fingerprint density at radius 1 is 1.35 bits per heavy atom. The van der Waals surface area contributed by atoms with Gasteiger partial charge >= 0.3 is 0 Å². The fourth-order valence-electron chi connectivity index (χ4n) is 3.74. The van der Waals surface area contributed by atoms with Gasteiger partial charge in [0.05, 0.1) is 17.5 Å². The average molecular weight is 314 g/mol. The first kappa shape index (κ1) is 14.8. The maximum Gasteiger partial charge on any atom is 0.133 e. The van der Waals surface area contributed by atoms with Crippen LogP contribution in [0.1, 0.15) is 41.9 Å². The lowest BCUT2D eigenvalue weighted by Crippen LogP contribution is -2.40. The Hall–Kier alpha value is -1.79. The molecule has 4 heterocycles. The molecule has 0 saturated carbocycles. The van der Waals surface area contributed by atoms with Crippen molar-refractivity contribution in [2.45, 2.75) is 45.4 Å². The van der Waals surface area contributed by atoms with E-state index in [1.54, 1.807) is 0 Å². The summed E-state index contributed by atoms with van der Waals surface area (Å²) in [5, 5.41) is 4.10. The number of aromatic nitrogens is 3. The average Bonchev–Trinajstić information content (AvgIpc) is 3.13. The zero-order valence-corrected chi connectivity index (χ0v) is 13.6. The van der Waals surface area contributed by atoms with Crippen LogP contribution < -0.4 is 0 Å². The highest BCUT2D eigenvalue weighted by Crippen LogP contribution is 2.40. The molecule has 6 nitrogen and oxygen atoms in total. The molecule has 0 amide bonds. The van der Waals surface area contributed by atoms with Gasteiger partial charge in [0, 0.05) is 37.8 Å². The molecule has 0 aliphatic carbocycles. The zero-order chi connectivity index (χ0) is 15.8. The summed E-state index contributed by atoms with van der Waals surface area (Å²) in [7, 11) is 0. The standard InChI is InChI=1S/C17H22N4O2/c1-11-7-14(20-23-11)10-21-6-4-16-13(9-21)8-17(22-16)15-3-5-18-12(2)19-15/h3,5,7,13,16-17H,4,6,8-10H2,1-2H3/t13-,16-,17+/m1/s1. The van der Waals surface area contributed by atoms with Crippen LogP contribution in [0, 0.1) is 19.8 Å². The van der Waals surface area contributed by atoms with Crippen LogP contribution in [0.2, 0.25) is 0 Å².